The molecule has 0 bridgehead atoms. The standard InChI is InChI=1S/C37H66O5SSi2/c1-35(2,3)44(9,10)41-29-18-19-30-28(26-29)25-27(17-15-13-14-16-24-40-43(8,38)39)34-31(30)22-23-37(7)32(34)20-21-33(37)42-45(11,12)36(4,5)6/h18-19,26-27,31-34H,13-17,20-25H2,1-12H3/t27-,31-,32+,33+,34-,37+/m1/s1. The minimum atomic E-state index is -3.35. The highest BCUT2D eigenvalue weighted by Crippen LogP contribution is 2.64. The van der Waals surface area contributed by atoms with Crippen LogP contribution in [-0.2, 0) is 25.1 Å². The van der Waals surface area contributed by atoms with Crippen molar-refractivity contribution in [2.75, 3.05) is 12.9 Å². The lowest BCUT2D eigenvalue weighted by molar-refractivity contribution is -0.0345. The Morgan fingerprint density at radius 2 is 1.53 bits per heavy atom. The monoisotopic (exact) mass is 678 g/mol. The molecule has 5 nitrogen and oxygen atoms in total. The maximum Gasteiger partial charge on any atom is 0.264 e. The predicted octanol–water partition coefficient (Wildman–Crippen LogP) is 10.5. The van der Waals surface area contributed by atoms with Gasteiger partial charge in [0.25, 0.3) is 10.1 Å². The second kappa shape index (κ2) is 13.3. The van der Waals surface area contributed by atoms with Crippen LogP contribution in [0.1, 0.15) is 123 Å². The van der Waals surface area contributed by atoms with Gasteiger partial charge in [0.05, 0.1) is 19.0 Å². The molecule has 0 radical (unpaired) electrons. The summed E-state index contributed by atoms with van der Waals surface area (Å²) in [5.74, 6) is 3.75. The van der Waals surface area contributed by atoms with Gasteiger partial charge in [0, 0.05) is 0 Å². The van der Waals surface area contributed by atoms with E-state index in [0.717, 1.165) is 37.7 Å². The van der Waals surface area contributed by atoms with E-state index in [1.807, 2.05) is 0 Å². The van der Waals surface area contributed by atoms with Gasteiger partial charge in [0.15, 0.2) is 8.32 Å². The van der Waals surface area contributed by atoms with Gasteiger partial charge >= 0.3 is 0 Å². The molecule has 0 N–H and O–H groups in total. The first-order chi connectivity index (χ1) is 20.6. The SMILES string of the molecule is CC(C)(C)[Si](C)(C)Oc1ccc2c(c1)C[C@@H](CCCCCCOS(C)(=O)=O)[C@@H]1[C@@H]2CC[C@]2(C)[C@@H](O[Si](C)(C)C(C)(C)C)CC[C@@H]12. The third-order valence-corrected chi connectivity index (χ3v) is 22.4. The molecule has 45 heavy (non-hydrogen) atoms. The molecule has 0 aliphatic heterocycles. The van der Waals surface area contributed by atoms with E-state index in [1.165, 1.54) is 44.1 Å². The molecule has 0 aromatic heterocycles. The van der Waals surface area contributed by atoms with Crippen molar-refractivity contribution in [3.05, 3.63) is 29.3 Å². The minimum Gasteiger partial charge on any atom is -0.543 e. The van der Waals surface area contributed by atoms with Gasteiger partial charge in [0.2, 0.25) is 8.32 Å². The molecule has 8 heteroatoms. The Labute approximate surface area is 279 Å². The molecule has 2 saturated carbocycles. The topological polar surface area (TPSA) is 61.8 Å². The molecule has 3 aliphatic rings. The summed E-state index contributed by atoms with van der Waals surface area (Å²) in [5.41, 5.74) is 3.36. The third kappa shape index (κ3) is 8.32. The van der Waals surface area contributed by atoms with Crippen LogP contribution in [0.5, 0.6) is 5.75 Å². The molecule has 1 aromatic carbocycles. The van der Waals surface area contributed by atoms with Gasteiger partial charge < -0.3 is 8.85 Å². The molecule has 6 atom stereocenters. The predicted molar refractivity (Wildman–Crippen MR) is 194 cm³/mol. The van der Waals surface area contributed by atoms with Gasteiger partial charge in [-0.05, 0) is 134 Å². The Bertz CT molecular complexity index is 1280. The van der Waals surface area contributed by atoms with Crippen LogP contribution >= 0.6 is 0 Å². The number of benzene rings is 1. The highest BCUT2D eigenvalue weighted by atomic mass is 32.2. The summed E-state index contributed by atoms with van der Waals surface area (Å²) < 4.78 is 41.7. The van der Waals surface area contributed by atoms with Crippen molar-refractivity contribution in [2.24, 2.45) is 23.2 Å². The largest absolute Gasteiger partial charge is 0.543 e. The molecule has 0 unspecified atom stereocenters. The van der Waals surface area contributed by atoms with E-state index < -0.39 is 26.8 Å². The molecule has 0 heterocycles. The number of hydrogen-bond donors (Lipinski definition) is 0. The first kappa shape index (κ1) is 37.1. The van der Waals surface area contributed by atoms with E-state index >= 15 is 0 Å². The number of hydrogen-bond acceptors (Lipinski definition) is 5. The first-order valence-electron chi connectivity index (χ1n) is 17.9. The van der Waals surface area contributed by atoms with Crippen molar-refractivity contribution in [1.82, 2.24) is 0 Å². The van der Waals surface area contributed by atoms with Crippen LogP contribution in [0.25, 0.3) is 0 Å². The van der Waals surface area contributed by atoms with E-state index in [1.54, 1.807) is 5.56 Å². The Balaban J connectivity index is 1.56. The molecule has 1 aromatic rings. The zero-order valence-electron chi connectivity index (χ0n) is 30.8. The van der Waals surface area contributed by atoms with Gasteiger partial charge in [-0.15, -0.1) is 0 Å². The summed E-state index contributed by atoms with van der Waals surface area (Å²) in [6.45, 7) is 26.5. The van der Waals surface area contributed by atoms with Crippen LogP contribution in [0.3, 0.4) is 0 Å². The molecule has 0 spiro atoms. The molecule has 0 amide bonds. The smallest absolute Gasteiger partial charge is 0.264 e. The highest BCUT2D eigenvalue weighted by Gasteiger charge is 2.58. The molecule has 258 valence electrons. The fraction of sp³-hybridized carbons (Fsp3) is 0.838. The summed E-state index contributed by atoms with van der Waals surface area (Å²) in [5, 5.41) is 0.393. The van der Waals surface area contributed by atoms with Gasteiger partial charge in [-0.3, -0.25) is 4.18 Å². The summed E-state index contributed by atoms with van der Waals surface area (Å²) in [6, 6.07) is 7.13. The van der Waals surface area contributed by atoms with Crippen LogP contribution in [0.2, 0.25) is 36.3 Å². The molecule has 0 saturated heterocycles. The average molecular weight is 679 g/mol. The normalized spacial score (nSPS) is 29.2. The van der Waals surface area contributed by atoms with E-state index in [0.29, 0.717) is 36.4 Å². The van der Waals surface area contributed by atoms with Crippen LogP contribution in [0.4, 0.5) is 0 Å². The first-order valence-corrected chi connectivity index (χ1v) is 25.5. The van der Waals surface area contributed by atoms with Gasteiger partial charge in [-0.1, -0.05) is 73.8 Å². The van der Waals surface area contributed by atoms with Gasteiger partial charge in [0.1, 0.15) is 5.75 Å². The quantitative estimate of drug-likeness (QED) is 0.125. The molecular weight excluding hydrogens is 613 g/mol. The van der Waals surface area contributed by atoms with Crippen molar-refractivity contribution in [2.45, 2.75) is 161 Å². The van der Waals surface area contributed by atoms with E-state index in [-0.39, 0.29) is 15.5 Å². The Hall–Kier alpha value is -0.676. The Morgan fingerprint density at radius 1 is 0.889 bits per heavy atom. The Kier molecular flexibility index (Phi) is 11.0. The summed E-state index contributed by atoms with van der Waals surface area (Å²) in [6.07, 6.45) is 13.0. The van der Waals surface area contributed by atoms with Crippen LogP contribution in [-0.4, -0.2) is 44.0 Å². The minimum absolute atomic E-state index is 0.169. The van der Waals surface area contributed by atoms with Crippen molar-refractivity contribution in [3.63, 3.8) is 0 Å². The summed E-state index contributed by atoms with van der Waals surface area (Å²) >= 11 is 0. The lowest BCUT2D eigenvalue weighted by Crippen LogP contribution is -2.51. The van der Waals surface area contributed by atoms with Crippen molar-refractivity contribution in [1.29, 1.82) is 0 Å². The second-order valence-electron chi connectivity index (χ2n) is 18.2. The van der Waals surface area contributed by atoms with E-state index in [9.17, 15) is 8.42 Å². The Morgan fingerprint density at radius 3 is 2.16 bits per heavy atom. The van der Waals surface area contributed by atoms with E-state index in [2.05, 4.69) is 92.9 Å². The van der Waals surface area contributed by atoms with Crippen molar-refractivity contribution in [3.8, 4) is 5.75 Å². The van der Waals surface area contributed by atoms with Crippen LogP contribution in [0.15, 0.2) is 18.2 Å². The number of unbranched alkanes of at least 4 members (excludes halogenated alkanes) is 3. The third-order valence-electron chi connectivity index (χ3n) is 13.0. The maximum absolute atomic E-state index is 11.3. The van der Waals surface area contributed by atoms with Gasteiger partial charge in [-0.25, -0.2) is 0 Å². The lowest BCUT2D eigenvalue weighted by Gasteiger charge is -2.54. The average Bonchev–Trinajstić information content (AvgIpc) is 3.20. The number of rotatable bonds is 12. The number of fused-ring (bicyclic) bond motifs is 5. The molecule has 2 fully saturated rings. The van der Waals surface area contributed by atoms with E-state index in [4.69, 9.17) is 13.0 Å². The summed E-state index contributed by atoms with van der Waals surface area (Å²) in [7, 11) is -7.13. The lowest BCUT2D eigenvalue weighted by atomic mass is 9.52. The zero-order valence-corrected chi connectivity index (χ0v) is 33.7. The molecular formula is C37H66O5SSi2. The molecule has 3 aliphatic carbocycles. The van der Waals surface area contributed by atoms with Gasteiger partial charge in [-0.2, -0.15) is 8.42 Å². The van der Waals surface area contributed by atoms with Crippen LogP contribution < -0.4 is 4.43 Å². The molecule has 4 rings (SSSR count). The van der Waals surface area contributed by atoms with Crippen LogP contribution in [0, 0.1) is 23.2 Å². The maximum atomic E-state index is 11.3. The summed E-state index contributed by atoms with van der Waals surface area (Å²) in [4.78, 5) is 0. The fourth-order valence-electron chi connectivity index (χ4n) is 8.31. The zero-order chi connectivity index (χ0) is 33.6. The highest BCUT2D eigenvalue weighted by molar-refractivity contribution is 7.85. The van der Waals surface area contributed by atoms with Crippen molar-refractivity contribution < 1.29 is 21.5 Å². The fourth-order valence-corrected chi connectivity index (χ4v) is 11.2. The van der Waals surface area contributed by atoms with Crippen molar-refractivity contribution >= 4 is 26.8 Å². The second-order valence-corrected chi connectivity index (χ2v) is 29.3.